The minimum Gasteiger partial charge on any atom is -0.506 e. The summed E-state index contributed by atoms with van der Waals surface area (Å²) in [7, 11) is 0. The zero-order valence-electron chi connectivity index (χ0n) is 12.8. The first-order valence-electron chi connectivity index (χ1n) is 6.92. The van der Waals surface area contributed by atoms with E-state index in [0.717, 1.165) is 11.3 Å². The largest absolute Gasteiger partial charge is 0.506 e. The van der Waals surface area contributed by atoms with Gasteiger partial charge in [-0.05, 0) is 57.6 Å². The number of phenolic OH excluding ortho intramolecular Hbond substituents is 1. The summed E-state index contributed by atoms with van der Waals surface area (Å²) in [6.45, 7) is 8.50. The lowest BCUT2D eigenvalue weighted by molar-refractivity contribution is 0.471. The van der Waals surface area contributed by atoms with Gasteiger partial charge in [-0.15, -0.1) is 0 Å². The number of phenols is 1. The molecule has 0 unspecified atom stereocenters. The molecule has 0 heterocycles. The van der Waals surface area contributed by atoms with Gasteiger partial charge in [0.25, 0.3) is 0 Å². The summed E-state index contributed by atoms with van der Waals surface area (Å²) < 4.78 is 0.688. The maximum atomic E-state index is 10.1. The molecule has 21 heavy (non-hydrogen) atoms. The topological polar surface area (TPSA) is 32.6 Å². The molecule has 0 atom stereocenters. The fraction of sp³-hybridized carbons (Fsp3) is 0.278. The van der Waals surface area contributed by atoms with Gasteiger partial charge in [-0.25, -0.2) is 0 Å². The van der Waals surface area contributed by atoms with Crippen molar-refractivity contribution in [1.29, 1.82) is 0 Å². The zero-order chi connectivity index (χ0) is 15.6. The van der Waals surface area contributed by atoms with Crippen molar-refractivity contribution in [1.82, 2.24) is 0 Å². The summed E-state index contributed by atoms with van der Waals surface area (Å²) in [5.74, 6) is 0.220. The van der Waals surface area contributed by atoms with E-state index in [9.17, 15) is 5.11 Å². The van der Waals surface area contributed by atoms with E-state index in [0.29, 0.717) is 10.0 Å². The van der Waals surface area contributed by atoms with Crippen LogP contribution in [0.5, 0.6) is 5.75 Å². The number of rotatable bonds is 2. The monoisotopic (exact) mass is 345 g/mol. The van der Waals surface area contributed by atoms with Crippen molar-refractivity contribution < 1.29 is 5.11 Å². The molecule has 110 valence electrons. The van der Waals surface area contributed by atoms with E-state index in [1.807, 2.05) is 37.3 Å². The molecular formula is C18H20BrNO. The molecule has 2 aromatic carbocycles. The van der Waals surface area contributed by atoms with E-state index < -0.39 is 0 Å². The van der Waals surface area contributed by atoms with E-state index in [2.05, 4.69) is 47.8 Å². The molecule has 0 spiro atoms. The van der Waals surface area contributed by atoms with Crippen LogP contribution in [0.3, 0.4) is 0 Å². The number of aryl methyl sites for hydroxylation is 1. The normalized spacial score (nSPS) is 12.0. The van der Waals surface area contributed by atoms with E-state index in [4.69, 9.17) is 0 Å². The Hall–Kier alpha value is -1.61. The SMILES string of the molecule is Cc1cc(Br)c(O)c(C=Nc2ccccc2C(C)(C)C)c1. The molecule has 0 bridgehead atoms. The van der Waals surface area contributed by atoms with Crippen LogP contribution in [0.25, 0.3) is 0 Å². The summed E-state index contributed by atoms with van der Waals surface area (Å²) in [5, 5.41) is 10.1. The summed E-state index contributed by atoms with van der Waals surface area (Å²) >= 11 is 3.36. The second-order valence-corrected chi connectivity index (χ2v) is 7.06. The number of hydrogen-bond donors (Lipinski definition) is 1. The second-order valence-electron chi connectivity index (χ2n) is 6.21. The number of hydrogen-bond acceptors (Lipinski definition) is 2. The number of nitrogens with zero attached hydrogens (tertiary/aromatic N) is 1. The smallest absolute Gasteiger partial charge is 0.138 e. The van der Waals surface area contributed by atoms with Crippen LogP contribution in [0.1, 0.15) is 37.5 Å². The first kappa shape index (κ1) is 15.8. The Morgan fingerprint density at radius 2 is 1.81 bits per heavy atom. The van der Waals surface area contributed by atoms with Crippen LogP contribution < -0.4 is 0 Å². The van der Waals surface area contributed by atoms with E-state index in [1.165, 1.54) is 5.56 Å². The fourth-order valence-electron chi connectivity index (χ4n) is 2.22. The van der Waals surface area contributed by atoms with Crippen molar-refractivity contribution in [3.05, 3.63) is 57.6 Å². The summed E-state index contributed by atoms with van der Waals surface area (Å²) in [4.78, 5) is 4.58. The third-order valence-electron chi connectivity index (χ3n) is 3.29. The highest BCUT2D eigenvalue weighted by molar-refractivity contribution is 9.10. The molecule has 3 heteroatoms. The van der Waals surface area contributed by atoms with Crippen molar-refractivity contribution in [2.45, 2.75) is 33.1 Å². The van der Waals surface area contributed by atoms with Crippen LogP contribution in [0.15, 0.2) is 45.9 Å². The van der Waals surface area contributed by atoms with Crippen molar-refractivity contribution >= 4 is 27.8 Å². The molecular weight excluding hydrogens is 326 g/mol. The summed E-state index contributed by atoms with van der Waals surface area (Å²) in [5.41, 5.74) is 3.94. The Labute approximate surface area is 134 Å². The molecule has 0 radical (unpaired) electrons. The number of para-hydroxylation sites is 1. The first-order valence-corrected chi connectivity index (χ1v) is 7.71. The van der Waals surface area contributed by atoms with Gasteiger partial charge in [-0.2, -0.15) is 0 Å². The minimum atomic E-state index is 0.0309. The van der Waals surface area contributed by atoms with Gasteiger partial charge in [0.15, 0.2) is 0 Å². The Kier molecular flexibility index (Phi) is 4.52. The lowest BCUT2D eigenvalue weighted by Crippen LogP contribution is -2.11. The molecule has 0 amide bonds. The Morgan fingerprint density at radius 3 is 2.48 bits per heavy atom. The van der Waals surface area contributed by atoms with E-state index in [1.54, 1.807) is 6.21 Å². The molecule has 0 aliphatic rings. The predicted octanol–water partition coefficient (Wildman–Crippen LogP) is 5.51. The maximum Gasteiger partial charge on any atom is 0.138 e. The van der Waals surface area contributed by atoms with Crippen LogP contribution in [0.4, 0.5) is 5.69 Å². The molecule has 0 aliphatic heterocycles. The van der Waals surface area contributed by atoms with Crippen LogP contribution in [-0.2, 0) is 5.41 Å². The van der Waals surface area contributed by atoms with Gasteiger partial charge in [0, 0.05) is 11.8 Å². The molecule has 0 aliphatic carbocycles. The third kappa shape index (κ3) is 3.73. The zero-order valence-corrected chi connectivity index (χ0v) is 14.4. The average molecular weight is 346 g/mol. The molecule has 2 nitrogen and oxygen atoms in total. The van der Waals surface area contributed by atoms with Gasteiger partial charge < -0.3 is 5.11 Å². The van der Waals surface area contributed by atoms with Crippen LogP contribution in [0, 0.1) is 6.92 Å². The summed E-state index contributed by atoms with van der Waals surface area (Å²) in [6, 6.07) is 11.9. The van der Waals surface area contributed by atoms with E-state index >= 15 is 0 Å². The number of benzene rings is 2. The molecule has 2 rings (SSSR count). The molecule has 1 N–H and O–H groups in total. The van der Waals surface area contributed by atoms with Gasteiger partial charge in [-0.3, -0.25) is 4.99 Å². The Balaban J connectivity index is 2.44. The van der Waals surface area contributed by atoms with Crippen molar-refractivity contribution in [2.75, 3.05) is 0 Å². The molecule has 0 saturated carbocycles. The second kappa shape index (κ2) is 6.02. The van der Waals surface area contributed by atoms with Crippen LogP contribution in [-0.4, -0.2) is 11.3 Å². The number of aromatic hydroxyl groups is 1. The van der Waals surface area contributed by atoms with Gasteiger partial charge >= 0.3 is 0 Å². The lowest BCUT2D eigenvalue weighted by atomic mass is 9.86. The molecule has 2 aromatic rings. The van der Waals surface area contributed by atoms with Gasteiger partial charge in [0.05, 0.1) is 10.2 Å². The van der Waals surface area contributed by atoms with Crippen molar-refractivity contribution in [3.8, 4) is 5.75 Å². The highest BCUT2D eigenvalue weighted by Crippen LogP contribution is 2.32. The number of aliphatic imine (C=N–C) groups is 1. The molecule has 0 fully saturated rings. The van der Waals surface area contributed by atoms with Gasteiger partial charge in [0.1, 0.15) is 5.75 Å². The fourth-order valence-corrected chi connectivity index (χ4v) is 2.81. The van der Waals surface area contributed by atoms with Crippen LogP contribution >= 0.6 is 15.9 Å². The third-order valence-corrected chi connectivity index (χ3v) is 3.90. The predicted molar refractivity (Wildman–Crippen MR) is 92.9 cm³/mol. The van der Waals surface area contributed by atoms with Gasteiger partial charge in [0.2, 0.25) is 0 Å². The first-order chi connectivity index (χ1) is 9.79. The van der Waals surface area contributed by atoms with Gasteiger partial charge in [-0.1, -0.05) is 39.0 Å². The highest BCUT2D eigenvalue weighted by atomic mass is 79.9. The maximum absolute atomic E-state index is 10.1. The lowest BCUT2D eigenvalue weighted by Gasteiger charge is -2.20. The van der Waals surface area contributed by atoms with Crippen molar-refractivity contribution in [2.24, 2.45) is 4.99 Å². The van der Waals surface area contributed by atoms with Crippen molar-refractivity contribution in [3.63, 3.8) is 0 Å². The Morgan fingerprint density at radius 1 is 1.14 bits per heavy atom. The molecule has 0 saturated heterocycles. The van der Waals surface area contributed by atoms with E-state index in [-0.39, 0.29) is 11.2 Å². The number of halogens is 1. The molecule has 0 aromatic heterocycles. The standard InChI is InChI=1S/C18H20BrNO/c1-12-9-13(17(21)15(19)10-12)11-20-16-8-6-5-7-14(16)18(2,3)4/h5-11,21H,1-4H3. The Bertz CT molecular complexity index is 684. The van der Waals surface area contributed by atoms with Crippen LogP contribution in [0.2, 0.25) is 0 Å². The highest BCUT2D eigenvalue weighted by Gasteiger charge is 2.16. The average Bonchev–Trinajstić information content (AvgIpc) is 2.40. The minimum absolute atomic E-state index is 0.0309. The summed E-state index contributed by atoms with van der Waals surface area (Å²) in [6.07, 6.45) is 1.72. The quantitative estimate of drug-likeness (QED) is 0.715.